The SMILES string of the molecule is O=C(O)C1C2CCCC2CN1CCSc1ccccc1F. The molecule has 0 spiro atoms. The van der Waals surface area contributed by atoms with Gasteiger partial charge >= 0.3 is 5.97 Å². The molecule has 1 N–H and O–H groups in total. The van der Waals surface area contributed by atoms with E-state index >= 15 is 0 Å². The van der Waals surface area contributed by atoms with Crippen LogP contribution >= 0.6 is 11.8 Å². The molecule has 5 heteroatoms. The molecule has 0 amide bonds. The highest BCUT2D eigenvalue weighted by molar-refractivity contribution is 7.99. The van der Waals surface area contributed by atoms with Gasteiger partial charge in [0, 0.05) is 23.7 Å². The first-order valence-corrected chi connectivity index (χ1v) is 8.49. The third kappa shape index (κ3) is 3.09. The highest BCUT2D eigenvalue weighted by atomic mass is 32.2. The van der Waals surface area contributed by atoms with Crippen molar-refractivity contribution in [3.05, 3.63) is 30.1 Å². The minimum absolute atomic E-state index is 0.199. The normalized spacial score (nSPS) is 28.7. The van der Waals surface area contributed by atoms with Crippen LogP contribution in [-0.2, 0) is 4.79 Å². The van der Waals surface area contributed by atoms with E-state index in [0.29, 0.717) is 23.3 Å². The van der Waals surface area contributed by atoms with E-state index in [1.54, 1.807) is 12.1 Å². The summed E-state index contributed by atoms with van der Waals surface area (Å²) in [7, 11) is 0. The van der Waals surface area contributed by atoms with Gasteiger partial charge in [0.25, 0.3) is 0 Å². The van der Waals surface area contributed by atoms with Crippen LogP contribution < -0.4 is 0 Å². The van der Waals surface area contributed by atoms with Crippen molar-refractivity contribution in [2.45, 2.75) is 30.2 Å². The van der Waals surface area contributed by atoms with Crippen LogP contribution in [0.3, 0.4) is 0 Å². The Kier molecular flexibility index (Phi) is 4.50. The molecular weight excluding hydrogens is 289 g/mol. The Balaban J connectivity index is 1.57. The molecule has 0 aromatic heterocycles. The predicted octanol–water partition coefficient (Wildman–Crippen LogP) is 3.10. The largest absolute Gasteiger partial charge is 0.480 e. The minimum atomic E-state index is -0.694. The lowest BCUT2D eigenvalue weighted by Crippen LogP contribution is -2.40. The monoisotopic (exact) mass is 309 g/mol. The van der Waals surface area contributed by atoms with Gasteiger partial charge in [-0.3, -0.25) is 9.69 Å². The summed E-state index contributed by atoms with van der Waals surface area (Å²) in [4.78, 5) is 14.3. The molecule has 3 rings (SSSR count). The van der Waals surface area contributed by atoms with Crippen LogP contribution in [0.15, 0.2) is 29.2 Å². The second kappa shape index (κ2) is 6.36. The Morgan fingerprint density at radius 2 is 2.19 bits per heavy atom. The molecule has 3 unspecified atom stereocenters. The van der Waals surface area contributed by atoms with Crippen molar-refractivity contribution in [2.24, 2.45) is 11.8 Å². The third-order valence-electron chi connectivity index (χ3n) is 4.71. The number of nitrogens with zero attached hydrogens (tertiary/aromatic N) is 1. The fraction of sp³-hybridized carbons (Fsp3) is 0.562. The standard InChI is InChI=1S/C16H20FNO2S/c17-13-6-1-2-7-14(13)21-9-8-18-10-11-4-3-5-12(11)15(18)16(19)20/h1-2,6-7,11-12,15H,3-5,8-10H2,(H,19,20). The van der Waals surface area contributed by atoms with E-state index in [1.807, 2.05) is 6.07 Å². The zero-order chi connectivity index (χ0) is 14.8. The Morgan fingerprint density at radius 1 is 1.38 bits per heavy atom. The zero-order valence-corrected chi connectivity index (χ0v) is 12.7. The van der Waals surface area contributed by atoms with Gasteiger partial charge in [0.15, 0.2) is 0 Å². The number of carbonyl (C=O) groups is 1. The van der Waals surface area contributed by atoms with E-state index in [-0.39, 0.29) is 11.9 Å². The summed E-state index contributed by atoms with van der Waals surface area (Å²) in [6, 6.07) is 6.40. The number of thioether (sulfide) groups is 1. The predicted molar refractivity (Wildman–Crippen MR) is 81.0 cm³/mol. The number of aliphatic carboxylic acids is 1. The molecule has 1 heterocycles. The number of carboxylic acid groups (broad SMARTS) is 1. The van der Waals surface area contributed by atoms with Crippen molar-refractivity contribution >= 4 is 17.7 Å². The number of hydrogen-bond acceptors (Lipinski definition) is 3. The van der Waals surface area contributed by atoms with Gasteiger partial charge < -0.3 is 5.11 Å². The van der Waals surface area contributed by atoms with Crippen LogP contribution in [0.4, 0.5) is 4.39 Å². The Bertz CT molecular complexity index is 525. The fourth-order valence-electron chi connectivity index (χ4n) is 3.80. The molecule has 2 aliphatic rings. The zero-order valence-electron chi connectivity index (χ0n) is 11.9. The second-order valence-corrected chi connectivity index (χ2v) is 7.05. The molecule has 21 heavy (non-hydrogen) atoms. The van der Waals surface area contributed by atoms with Gasteiger partial charge in [0.2, 0.25) is 0 Å². The summed E-state index contributed by atoms with van der Waals surface area (Å²) in [5, 5.41) is 9.48. The van der Waals surface area contributed by atoms with Gasteiger partial charge in [-0.15, -0.1) is 11.8 Å². The third-order valence-corrected chi connectivity index (χ3v) is 5.74. The quantitative estimate of drug-likeness (QED) is 0.849. The Hall–Kier alpha value is -1.07. The first kappa shape index (κ1) is 14.9. The highest BCUT2D eigenvalue weighted by Gasteiger charge is 2.47. The number of benzene rings is 1. The molecule has 3 nitrogen and oxygen atoms in total. The molecule has 1 aliphatic heterocycles. The lowest BCUT2D eigenvalue weighted by atomic mass is 9.94. The van der Waals surface area contributed by atoms with Gasteiger partial charge in [-0.05, 0) is 36.8 Å². The van der Waals surface area contributed by atoms with E-state index in [2.05, 4.69) is 4.90 Å². The number of hydrogen-bond donors (Lipinski definition) is 1. The van der Waals surface area contributed by atoms with E-state index in [9.17, 15) is 14.3 Å². The summed E-state index contributed by atoms with van der Waals surface area (Å²) in [5.74, 6) is 0.700. The lowest BCUT2D eigenvalue weighted by molar-refractivity contribution is -0.143. The first-order chi connectivity index (χ1) is 10.2. The van der Waals surface area contributed by atoms with E-state index in [1.165, 1.54) is 17.8 Å². The van der Waals surface area contributed by atoms with Crippen molar-refractivity contribution < 1.29 is 14.3 Å². The molecule has 0 bridgehead atoms. The van der Waals surface area contributed by atoms with Gasteiger partial charge in [0.05, 0.1) is 0 Å². The Morgan fingerprint density at radius 3 is 2.95 bits per heavy atom. The molecule has 114 valence electrons. The first-order valence-electron chi connectivity index (χ1n) is 7.51. The number of rotatable bonds is 5. The lowest BCUT2D eigenvalue weighted by Gasteiger charge is -2.23. The van der Waals surface area contributed by atoms with E-state index in [0.717, 1.165) is 31.6 Å². The number of likely N-dealkylation sites (tertiary alicyclic amines) is 1. The van der Waals surface area contributed by atoms with Crippen molar-refractivity contribution in [1.29, 1.82) is 0 Å². The van der Waals surface area contributed by atoms with Crippen molar-refractivity contribution in [1.82, 2.24) is 4.90 Å². The summed E-state index contributed by atoms with van der Waals surface area (Å²) < 4.78 is 13.6. The van der Waals surface area contributed by atoms with Crippen LogP contribution in [0.5, 0.6) is 0 Å². The molecule has 1 aliphatic carbocycles. The molecule has 0 radical (unpaired) electrons. The maximum Gasteiger partial charge on any atom is 0.321 e. The van der Waals surface area contributed by atoms with Crippen molar-refractivity contribution in [3.63, 3.8) is 0 Å². The summed E-state index contributed by atoms with van der Waals surface area (Å²) in [6.07, 6.45) is 3.36. The van der Waals surface area contributed by atoms with Gasteiger partial charge in [-0.1, -0.05) is 18.6 Å². The highest BCUT2D eigenvalue weighted by Crippen LogP contribution is 2.42. The van der Waals surface area contributed by atoms with Crippen LogP contribution in [0.25, 0.3) is 0 Å². The van der Waals surface area contributed by atoms with Crippen LogP contribution in [0.2, 0.25) is 0 Å². The second-order valence-electron chi connectivity index (χ2n) is 5.91. The molecule has 2 fully saturated rings. The number of halogens is 1. The Labute approximate surface area is 128 Å². The van der Waals surface area contributed by atoms with Crippen LogP contribution in [-0.4, -0.2) is 40.9 Å². The molecule has 3 atom stereocenters. The summed E-state index contributed by atoms with van der Waals surface area (Å²) in [5.41, 5.74) is 0. The van der Waals surface area contributed by atoms with Crippen molar-refractivity contribution in [2.75, 3.05) is 18.8 Å². The van der Waals surface area contributed by atoms with Crippen LogP contribution in [0.1, 0.15) is 19.3 Å². The minimum Gasteiger partial charge on any atom is -0.480 e. The van der Waals surface area contributed by atoms with E-state index < -0.39 is 5.97 Å². The smallest absolute Gasteiger partial charge is 0.321 e. The molecule has 1 saturated heterocycles. The van der Waals surface area contributed by atoms with Gasteiger partial charge in [0.1, 0.15) is 11.9 Å². The molecular formula is C16H20FNO2S. The average Bonchev–Trinajstić information content (AvgIpc) is 3.00. The maximum absolute atomic E-state index is 13.6. The fourth-order valence-corrected chi connectivity index (χ4v) is 4.72. The number of carboxylic acids is 1. The van der Waals surface area contributed by atoms with Crippen molar-refractivity contribution in [3.8, 4) is 0 Å². The number of fused-ring (bicyclic) bond motifs is 1. The van der Waals surface area contributed by atoms with Crippen LogP contribution in [0, 0.1) is 17.7 Å². The van der Waals surface area contributed by atoms with Gasteiger partial charge in [-0.25, -0.2) is 4.39 Å². The van der Waals surface area contributed by atoms with E-state index in [4.69, 9.17) is 0 Å². The molecule has 1 aromatic rings. The average molecular weight is 309 g/mol. The topological polar surface area (TPSA) is 40.5 Å². The summed E-state index contributed by atoms with van der Waals surface area (Å²) >= 11 is 1.47. The maximum atomic E-state index is 13.6. The summed E-state index contributed by atoms with van der Waals surface area (Å²) in [6.45, 7) is 1.60. The van der Waals surface area contributed by atoms with Gasteiger partial charge in [-0.2, -0.15) is 0 Å². The molecule has 1 saturated carbocycles. The molecule has 1 aromatic carbocycles.